The molecule has 0 fully saturated rings. The van der Waals surface area contributed by atoms with Crippen LogP contribution in [-0.4, -0.2) is 37.0 Å². The van der Waals surface area contributed by atoms with Crippen LogP contribution < -0.4 is 5.32 Å². The lowest BCUT2D eigenvalue weighted by molar-refractivity contribution is -0.149. The second-order valence-corrected chi connectivity index (χ2v) is 6.95. The number of rotatable bonds is 4. The molecule has 0 amide bonds. The molecule has 2 heterocycles. The number of anilines is 1. The quantitative estimate of drug-likeness (QED) is 0.522. The summed E-state index contributed by atoms with van der Waals surface area (Å²) in [5.41, 5.74) is 1.08. The Morgan fingerprint density at radius 2 is 2.05 bits per heavy atom. The minimum absolute atomic E-state index is 0.0777. The molecule has 120 valence electrons. The summed E-state index contributed by atoms with van der Waals surface area (Å²) in [6.07, 6.45) is 2.08. The van der Waals surface area contributed by atoms with Gasteiger partial charge in [0.05, 0.1) is 21.1 Å². The van der Waals surface area contributed by atoms with Gasteiger partial charge in [-0.15, -0.1) is 0 Å². The summed E-state index contributed by atoms with van der Waals surface area (Å²) in [7, 11) is 1.82. The molecule has 0 aliphatic heterocycles. The van der Waals surface area contributed by atoms with E-state index in [9.17, 15) is 10.2 Å². The van der Waals surface area contributed by atoms with Crippen molar-refractivity contribution < 1.29 is 14.9 Å². The van der Waals surface area contributed by atoms with Crippen LogP contribution in [0, 0.1) is 3.57 Å². The fourth-order valence-electron chi connectivity index (χ4n) is 1.91. The van der Waals surface area contributed by atoms with E-state index in [1.54, 1.807) is 23.1 Å². The van der Waals surface area contributed by atoms with E-state index in [1.165, 1.54) is 0 Å². The highest BCUT2D eigenvalue weighted by Gasteiger charge is 2.18. The molecule has 0 bridgehead atoms. The lowest BCUT2D eigenvalue weighted by atomic mass is 10.2. The Morgan fingerprint density at radius 1 is 1.36 bits per heavy atom. The largest absolute Gasteiger partial charge is 0.504 e. The molecule has 2 rings (SSSR count). The zero-order valence-corrected chi connectivity index (χ0v) is 15.0. The first kappa shape index (κ1) is 17.0. The molecule has 2 aromatic heterocycles. The van der Waals surface area contributed by atoms with Crippen LogP contribution in [0.2, 0.25) is 0 Å². The van der Waals surface area contributed by atoms with E-state index in [1.807, 2.05) is 27.8 Å². The molecule has 0 saturated carbocycles. The van der Waals surface area contributed by atoms with Crippen molar-refractivity contribution in [1.82, 2.24) is 14.8 Å². The summed E-state index contributed by atoms with van der Waals surface area (Å²) in [6, 6.07) is 1.57. The Kier molecular flexibility index (Phi) is 4.93. The molecular weight excluding hydrogens is 399 g/mol. The zero-order valence-electron chi connectivity index (χ0n) is 12.8. The fraction of sp³-hybridized carbons (Fsp3) is 0.429. The van der Waals surface area contributed by atoms with Gasteiger partial charge in [-0.05, 0) is 49.4 Å². The summed E-state index contributed by atoms with van der Waals surface area (Å²) in [5.74, 6) is 0.0729. The van der Waals surface area contributed by atoms with Gasteiger partial charge in [-0.3, -0.25) is 4.68 Å². The van der Waals surface area contributed by atoms with Crippen molar-refractivity contribution >= 4 is 28.4 Å². The summed E-state index contributed by atoms with van der Waals surface area (Å²) in [5, 5.41) is 26.7. The molecular formula is C14H19IN4O3. The summed E-state index contributed by atoms with van der Waals surface area (Å²) >= 11 is 2.17. The molecule has 3 N–H and O–H groups in total. The molecule has 22 heavy (non-hydrogen) atoms. The number of ether oxygens (including phenoxy) is 1. The average molecular weight is 418 g/mol. The van der Waals surface area contributed by atoms with Crippen LogP contribution in [0.4, 0.5) is 5.82 Å². The third-order valence-corrected chi connectivity index (χ3v) is 3.55. The second kappa shape index (κ2) is 6.39. The molecule has 1 atom stereocenters. The maximum atomic E-state index is 10.1. The van der Waals surface area contributed by atoms with Crippen molar-refractivity contribution in [2.75, 3.05) is 5.32 Å². The van der Waals surface area contributed by atoms with Crippen LogP contribution in [0.25, 0.3) is 11.3 Å². The first-order valence-electron chi connectivity index (χ1n) is 6.66. The van der Waals surface area contributed by atoms with Gasteiger partial charge >= 0.3 is 0 Å². The number of aryl methyl sites for hydroxylation is 1. The van der Waals surface area contributed by atoms with Crippen molar-refractivity contribution in [1.29, 1.82) is 0 Å². The summed E-state index contributed by atoms with van der Waals surface area (Å²) in [4.78, 5) is 4.14. The minimum atomic E-state index is -1.26. The number of hydrogen-bond acceptors (Lipinski definition) is 6. The van der Waals surface area contributed by atoms with Crippen LogP contribution in [0.3, 0.4) is 0 Å². The fourth-order valence-corrected chi connectivity index (χ4v) is 2.70. The second-order valence-electron chi connectivity index (χ2n) is 5.78. The number of aliphatic hydroxyl groups excluding tert-OH is 1. The predicted octanol–water partition coefficient (Wildman–Crippen LogP) is 2.30. The van der Waals surface area contributed by atoms with Crippen molar-refractivity contribution in [2.24, 2.45) is 7.05 Å². The van der Waals surface area contributed by atoms with Gasteiger partial charge in [0.25, 0.3) is 0 Å². The number of nitrogens with zero attached hydrogens (tertiary/aromatic N) is 3. The zero-order chi connectivity index (χ0) is 16.5. The van der Waals surface area contributed by atoms with E-state index in [2.05, 4.69) is 38.0 Å². The number of aromatic hydroxyl groups is 1. The maximum Gasteiger partial charge on any atom is 0.237 e. The Morgan fingerprint density at radius 3 is 2.55 bits per heavy atom. The molecule has 7 nitrogen and oxygen atoms in total. The number of aromatic nitrogens is 3. The lowest BCUT2D eigenvalue weighted by Gasteiger charge is -2.24. The molecule has 0 aliphatic carbocycles. The Hall–Kier alpha value is -1.39. The lowest BCUT2D eigenvalue weighted by Crippen LogP contribution is -2.32. The van der Waals surface area contributed by atoms with Crippen LogP contribution in [-0.2, 0) is 11.8 Å². The normalized spacial score (nSPS) is 13.2. The molecule has 0 aromatic carbocycles. The van der Waals surface area contributed by atoms with E-state index in [-0.39, 0.29) is 11.6 Å². The average Bonchev–Trinajstić information content (AvgIpc) is 2.69. The molecule has 0 saturated heterocycles. The number of halogens is 1. The van der Waals surface area contributed by atoms with Gasteiger partial charge in [-0.2, -0.15) is 5.10 Å². The number of pyridine rings is 1. The third kappa shape index (κ3) is 4.08. The molecule has 2 aromatic rings. The Bertz CT molecular complexity index is 647. The highest BCUT2D eigenvalue weighted by Crippen LogP contribution is 2.30. The summed E-state index contributed by atoms with van der Waals surface area (Å²) in [6.45, 7) is 5.45. The van der Waals surface area contributed by atoms with Crippen LogP contribution in [0.5, 0.6) is 5.75 Å². The molecule has 8 heteroatoms. The highest BCUT2D eigenvalue weighted by molar-refractivity contribution is 14.1. The van der Waals surface area contributed by atoms with Gasteiger partial charge in [-0.1, -0.05) is 0 Å². The van der Waals surface area contributed by atoms with Gasteiger partial charge in [-0.25, -0.2) is 4.98 Å². The first-order chi connectivity index (χ1) is 10.2. The Labute approximate surface area is 142 Å². The van der Waals surface area contributed by atoms with Gasteiger partial charge in [0.2, 0.25) is 6.41 Å². The van der Waals surface area contributed by atoms with Crippen LogP contribution in [0.1, 0.15) is 20.8 Å². The number of aliphatic hydroxyl groups is 1. The first-order valence-corrected chi connectivity index (χ1v) is 7.74. The number of nitrogens with one attached hydrogen (secondary N) is 1. The van der Waals surface area contributed by atoms with Gasteiger partial charge in [0.15, 0.2) is 11.6 Å². The topological polar surface area (TPSA) is 92.4 Å². The number of hydrogen-bond donors (Lipinski definition) is 3. The van der Waals surface area contributed by atoms with E-state index in [0.29, 0.717) is 0 Å². The van der Waals surface area contributed by atoms with Crippen LogP contribution in [0.15, 0.2) is 18.5 Å². The monoisotopic (exact) mass is 418 g/mol. The predicted molar refractivity (Wildman–Crippen MR) is 91.3 cm³/mol. The highest BCUT2D eigenvalue weighted by atomic mass is 127. The summed E-state index contributed by atoms with van der Waals surface area (Å²) < 4.78 is 7.98. The maximum absolute atomic E-state index is 10.1. The minimum Gasteiger partial charge on any atom is -0.504 e. The van der Waals surface area contributed by atoms with Crippen molar-refractivity contribution in [3.63, 3.8) is 0 Å². The molecule has 1 unspecified atom stereocenters. The van der Waals surface area contributed by atoms with Crippen molar-refractivity contribution in [2.45, 2.75) is 32.8 Å². The van der Waals surface area contributed by atoms with Gasteiger partial charge in [0.1, 0.15) is 0 Å². The van der Waals surface area contributed by atoms with Gasteiger partial charge in [0, 0.05) is 18.8 Å². The standard InChI is InChI=1S/C14H19IN4O3/c1-14(2,3)22-13(21)18-12-10(20)5-8(6-16-12)11-9(15)7-17-19(11)4/h5-7,13,20-21H,1-4H3,(H,16,18). The Balaban J connectivity index is 2.20. The van der Waals surface area contributed by atoms with Gasteiger partial charge < -0.3 is 20.3 Å². The van der Waals surface area contributed by atoms with E-state index in [0.717, 1.165) is 14.8 Å². The van der Waals surface area contributed by atoms with E-state index in [4.69, 9.17) is 4.74 Å². The molecule has 0 radical (unpaired) electrons. The molecule has 0 aliphatic rings. The third-order valence-electron chi connectivity index (χ3n) is 2.76. The SMILES string of the molecule is Cn1ncc(I)c1-c1cnc(NC(O)OC(C)(C)C)c(O)c1. The smallest absolute Gasteiger partial charge is 0.237 e. The van der Waals surface area contributed by atoms with Crippen molar-refractivity contribution in [3.05, 3.63) is 22.0 Å². The van der Waals surface area contributed by atoms with E-state index < -0.39 is 12.0 Å². The van der Waals surface area contributed by atoms with Crippen molar-refractivity contribution in [3.8, 4) is 17.0 Å². The molecule has 0 spiro atoms. The van der Waals surface area contributed by atoms with E-state index >= 15 is 0 Å². The van der Waals surface area contributed by atoms with Crippen LogP contribution >= 0.6 is 22.6 Å².